The third kappa shape index (κ3) is 12.6. The summed E-state index contributed by atoms with van der Waals surface area (Å²) in [4.78, 5) is 0. The number of hydrogen-bond donors (Lipinski definition) is 6. The van der Waals surface area contributed by atoms with Crippen LogP contribution < -0.4 is 32.3 Å². The van der Waals surface area contributed by atoms with E-state index in [0.29, 0.717) is 47.3 Å². The molecule has 8 aliphatic carbocycles. The summed E-state index contributed by atoms with van der Waals surface area (Å²) in [7, 11) is 0. The van der Waals surface area contributed by atoms with Crippen molar-refractivity contribution in [3.05, 3.63) is 166 Å². The van der Waals surface area contributed by atoms with E-state index in [1.807, 2.05) is 0 Å². The molecule has 12 unspecified atom stereocenters. The molecule has 0 amide bonds. The summed E-state index contributed by atoms with van der Waals surface area (Å²) >= 11 is 0. The summed E-state index contributed by atoms with van der Waals surface area (Å²) in [6, 6.07) is 22.3. The van der Waals surface area contributed by atoms with Crippen LogP contribution >= 0.6 is 0 Å². The Morgan fingerprint density at radius 2 is 1.36 bits per heavy atom. The standard InChI is InChI=1S/C66H90N6/c67-62(53-38-34-51(35-39-53)48-18-7-2-8-19-48)69-63(68-45-46-30-32-50(33-31-46)47-16-5-1-6-17-47)60-28-14-26-58(43-60)56-24-13-25-57(42-56)59-27-15-29-61(44-59)66-71-64(54-22-11-4-12-23-54)70-65(72-66)55-40-36-52(37-41-55)49-20-9-3-10-21-49/h1,3-7,9,11-12,16-19,22-23,30,36,40-43,49-53,56,58-59,61-66,68-72H,2,8,10,13-15,20-21,24-29,31-35,37-39,44-45,67H2. The van der Waals surface area contributed by atoms with Crippen molar-refractivity contribution in [2.24, 2.45) is 53.1 Å². The summed E-state index contributed by atoms with van der Waals surface area (Å²) < 4.78 is 0. The molecule has 6 nitrogen and oxygen atoms in total. The average Bonchev–Trinajstić information content (AvgIpc) is 3.47. The molecule has 11 rings (SSSR count). The van der Waals surface area contributed by atoms with Crippen molar-refractivity contribution in [1.82, 2.24) is 26.6 Å². The van der Waals surface area contributed by atoms with Gasteiger partial charge in [-0.25, -0.2) is 0 Å². The lowest BCUT2D eigenvalue weighted by atomic mass is 9.70. The lowest BCUT2D eigenvalue weighted by Gasteiger charge is -2.45. The van der Waals surface area contributed by atoms with E-state index in [4.69, 9.17) is 5.73 Å². The Morgan fingerprint density at radius 1 is 0.556 bits per heavy atom. The van der Waals surface area contributed by atoms with Crippen molar-refractivity contribution < 1.29 is 0 Å². The van der Waals surface area contributed by atoms with Crippen LogP contribution in [0.15, 0.2) is 155 Å². The van der Waals surface area contributed by atoms with Gasteiger partial charge in [0.2, 0.25) is 0 Å². The minimum absolute atomic E-state index is 0.00156. The monoisotopic (exact) mass is 967 g/mol. The molecule has 2 aromatic carbocycles. The molecular weight excluding hydrogens is 877 g/mol. The molecule has 72 heavy (non-hydrogen) atoms. The van der Waals surface area contributed by atoms with Gasteiger partial charge in [-0.05, 0) is 222 Å². The van der Waals surface area contributed by atoms with E-state index in [1.165, 1.54) is 145 Å². The number of nitrogens with one attached hydrogen (secondary N) is 5. The molecule has 0 aromatic heterocycles. The van der Waals surface area contributed by atoms with Crippen LogP contribution in [0.2, 0.25) is 0 Å². The fourth-order valence-corrected chi connectivity index (χ4v) is 15.2. The molecule has 0 radical (unpaired) electrons. The summed E-state index contributed by atoms with van der Waals surface area (Å²) in [5.41, 5.74) is 18.0. The Hall–Kier alpha value is -3.88. The maximum Gasteiger partial charge on any atom is 0.0862 e. The van der Waals surface area contributed by atoms with Crippen LogP contribution in [0.4, 0.5) is 0 Å². The van der Waals surface area contributed by atoms with E-state index in [2.05, 4.69) is 154 Å². The molecule has 12 atom stereocenters. The van der Waals surface area contributed by atoms with Crippen LogP contribution in [-0.2, 0) is 0 Å². The lowest BCUT2D eigenvalue weighted by molar-refractivity contribution is 0.129. The third-order valence-corrected chi connectivity index (χ3v) is 19.5. The lowest BCUT2D eigenvalue weighted by Crippen LogP contribution is -2.66. The summed E-state index contributed by atoms with van der Waals surface area (Å²) in [5.74, 6) is 5.83. The first-order valence-electron chi connectivity index (χ1n) is 29.7. The quantitative estimate of drug-likeness (QED) is 0.0788. The van der Waals surface area contributed by atoms with Gasteiger partial charge in [-0.2, -0.15) is 0 Å². The average molecular weight is 967 g/mol. The number of benzene rings is 2. The summed E-state index contributed by atoms with van der Waals surface area (Å²) in [6.07, 6.45) is 57.2. The minimum Gasteiger partial charge on any atom is -0.316 e. The fourth-order valence-electron chi connectivity index (χ4n) is 15.2. The Labute approximate surface area is 435 Å². The molecule has 384 valence electrons. The van der Waals surface area contributed by atoms with Crippen molar-refractivity contribution in [2.45, 2.75) is 184 Å². The van der Waals surface area contributed by atoms with Crippen LogP contribution in [0, 0.1) is 47.3 Å². The van der Waals surface area contributed by atoms with E-state index in [1.54, 1.807) is 22.3 Å². The van der Waals surface area contributed by atoms with Gasteiger partial charge in [0.25, 0.3) is 0 Å². The second kappa shape index (κ2) is 24.6. The molecule has 0 spiro atoms. The Kier molecular flexibility index (Phi) is 17.2. The third-order valence-electron chi connectivity index (χ3n) is 19.5. The van der Waals surface area contributed by atoms with Gasteiger partial charge in [-0.15, -0.1) is 0 Å². The molecule has 9 aliphatic rings. The van der Waals surface area contributed by atoms with E-state index in [0.717, 1.165) is 31.7 Å². The number of hydrogen-bond acceptors (Lipinski definition) is 6. The first kappa shape index (κ1) is 50.3. The summed E-state index contributed by atoms with van der Waals surface area (Å²) in [6.45, 7) is 0.943. The zero-order chi connectivity index (χ0) is 48.5. The van der Waals surface area contributed by atoms with Gasteiger partial charge in [0, 0.05) is 6.54 Å². The fraction of sp³-hybridized carbons (Fsp3) is 0.576. The highest BCUT2D eigenvalue weighted by atomic mass is 15.4. The normalized spacial score (nSPS) is 35.3. The van der Waals surface area contributed by atoms with E-state index < -0.39 is 0 Å². The van der Waals surface area contributed by atoms with Gasteiger partial charge in [-0.1, -0.05) is 145 Å². The highest BCUT2D eigenvalue weighted by Gasteiger charge is 2.39. The topological polar surface area (TPSA) is 86.2 Å². The number of nitrogens with two attached hydrogens (primary N) is 1. The Morgan fingerprint density at radius 3 is 2.11 bits per heavy atom. The predicted octanol–water partition coefficient (Wildman–Crippen LogP) is 14.0. The maximum absolute atomic E-state index is 7.28. The van der Waals surface area contributed by atoms with Crippen molar-refractivity contribution in [3.8, 4) is 0 Å². The van der Waals surface area contributed by atoms with Crippen LogP contribution in [0.25, 0.3) is 0 Å². The van der Waals surface area contributed by atoms with Crippen molar-refractivity contribution in [2.75, 3.05) is 6.54 Å². The Bertz CT molecular complexity index is 2330. The molecule has 1 heterocycles. The number of rotatable bonds is 15. The van der Waals surface area contributed by atoms with Gasteiger partial charge < -0.3 is 5.73 Å². The molecular formula is C66H90N6. The van der Waals surface area contributed by atoms with Crippen LogP contribution in [0.5, 0.6) is 0 Å². The molecule has 1 aliphatic heterocycles. The molecule has 2 aromatic rings. The maximum atomic E-state index is 7.28. The van der Waals surface area contributed by atoms with Crippen molar-refractivity contribution in [1.29, 1.82) is 0 Å². The van der Waals surface area contributed by atoms with Crippen LogP contribution in [0.3, 0.4) is 0 Å². The molecule has 0 bridgehead atoms. The molecule has 3 fully saturated rings. The van der Waals surface area contributed by atoms with E-state index in [-0.39, 0.29) is 30.8 Å². The largest absolute Gasteiger partial charge is 0.316 e. The SMILES string of the molecule is NC(NC(NCC1=CCC(c2ccccc2)CC1)C1=CC(C2C=C(C3CCCC(C4NC(C5=CCC(C6CC=CCC6)C=C5)NC(c5ccccc5)N4)C3)CCC2)CCC1)C1CCC(C2=CCCC=C2)CC1. The zero-order valence-corrected chi connectivity index (χ0v) is 43.8. The number of allylic oxidation sites excluding steroid dienone is 12. The van der Waals surface area contributed by atoms with Crippen LogP contribution in [-0.4, -0.2) is 31.2 Å². The highest BCUT2D eigenvalue weighted by molar-refractivity contribution is 5.32. The van der Waals surface area contributed by atoms with E-state index >= 15 is 0 Å². The first-order chi connectivity index (χ1) is 35.6. The first-order valence-corrected chi connectivity index (χ1v) is 29.7. The molecule has 7 N–H and O–H groups in total. The van der Waals surface area contributed by atoms with E-state index in [9.17, 15) is 0 Å². The highest BCUT2D eigenvalue weighted by Crippen LogP contribution is 2.44. The van der Waals surface area contributed by atoms with Crippen LogP contribution in [0.1, 0.15) is 171 Å². The van der Waals surface area contributed by atoms with Gasteiger partial charge in [-0.3, -0.25) is 26.6 Å². The second-order valence-corrected chi connectivity index (χ2v) is 24.0. The Balaban J connectivity index is 0.762. The molecule has 6 heteroatoms. The van der Waals surface area contributed by atoms with Gasteiger partial charge in [0.15, 0.2) is 0 Å². The summed E-state index contributed by atoms with van der Waals surface area (Å²) in [5, 5.41) is 20.5. The van der Waals surface area contributed by atoms with Crippen molar-refractivity contribution >= 4 is 0 Å². The smallest absolute Gasteiger partial charge is 0.0862 e. The van der Waals surface area contributed by atoms with Gasteiger partial charge in [0.1, 0.15) is 0 Å². The minimum atomic E-state index is -0.00156. The van der Waals surface area contributed by atoms with Gasteiger partial charge in [0.05, 0.1) is 30.8 Å². The molecule has 2 saturated carbocycles. The second-order valence-electron chi connectivity index (χ2n) is 24.0. The van der Waals surface area contributed by atoms with Crippen molar-refractivity contribution in [3.63, 3.8) is 0 Å². The molecule has 1 saturated heterocycles. The predicted molar refractivity (Wildman–Crippen MR) is 300 cm³/mol. The zero-order valence-electron chi connectivity index (χ0n) is 43.8. The van der Waals surface area contributed by atoms with Gasteiger partial charge >= 0.3 is 0 Å².